The standard InChI is InChI=1S/C25H24N4O4S2/c26-35(31,32)21-9-6-19(7-10-21)22-11-8-20(33-22)16-23-24(30)27-25(34-23)29-14-12-28(13-15-29)17-18-4-2-1-3-5-18/h1-11,16H,12-15,17H2,(H2,26,31,32). The van der Waals surface area contributed by atoms with E-state index in [1.807, 2.05) is 6.07 Å². The summed E-state index contributed by atoms with van der Waals surface area (Å²) in [6.45, 7) is 4.38. The Morgan fingerprint density at radius 2 is 1.69 bits per heavy atom. The Bertz CT molecular complexity index is 1390. The minimum absolute atomic E-state index is 0.0358. The van der Waals surface area contributed by atoms with E-state index in [2.05, 4.69) is 39.1 Å². The van der Waals surface area contributed by atoms with Crippen LogP contribution in [-0.2, 0) is 21.4 Å². The zero-order valence-corrected chi connectivity index (χ0v) is 20.5. The van der Waals surface area contributed by atoms with Crippen molar-refractivity contribution in [2.24, 2.45) is 10.1 Å². The molecule has 35 heavy (non-hydrogen) atoms. The molecule has 0 atom stereocenters. The van der Waals surface area contributed by atoms with Gasteiger partial charge in [-0.05, 0) is 53.7 Å². The van der Waals surface area contributed by atoms with Crippen LogP contribution >= 0.6 is 11.8 Å². The van der Waals surface area contributed by atoms with E-state index in [9.17, 15) is 13.2 Å². The molecule has 5 rings (SSSR count). The van der Waals surface area contributed by atoms with Gasteiger partial charge in [0, 0.05) is 44.4 Å². The van der Waals surface area contributed by atoms with Crippen molar-refractivity contribution in [1.82, 2.24) is 9.80 Å². The van der Waals surface area contributed by atoms with Crippen molar-refractivity contribution in [2.75, 3.05) is 26.2 Å². The number of amides is 1. The van der Waals surface area contributed by atoms with Crippen molar-refractivity contribution in [3.8, 4) is 11.3 Å². The zero-order valence-electron chi connectivity index (χ0n) is 18.8. The molecule has 3 aromatic rings. The second-order valence-electron chi connectivity index (χ2n) is 8.33. The lowest BCUT2D eigenvalue weighted by atomic mass is 10.2. The first-order valence-electron chi connectivity index (χ1n) is 11.1. The van der Waals surface area contributed by atoms with Gasteiger partial charge in [0.05, 0.1) is 9.80 Å². The van der Waals surface area contributed by atoms with Crippen molar-refractivity contribution in [2.45, 2.75) is 11.4 Å². The summed E-state index contributed by atoms with van der Waals surface area (Å²) >= 11 is 1.36. The highest BCUT2D eigenvalue weighted by atomic mass is 32.2. The van der Waals surface area contributed by atoms with Gasteiger partial charge < -0.3 is 9.32 Å². The number of thioether (sulfide) groups is 1. The van der Waals surface area contributed by atoms with Gasteiger partial charge in [0.1, 0.15) is 11.5 Å². The maximum absolute atomic E-state index is 12.5. The van der Waals surface area contributed by atoms with Gasteiger partial charge >= 0.3 is 0 Å². The molecule has 1 saturated heterocycles. The summed E-state index contributed by atoms with van der Waals surface area (Å²) in [6, 6.07) is 20.1. The van der Waals surface area contributed by atoms with E-state index < -0.39 is 10.0 Å². The molecule has 10 heteroatoms. The minimum atomic E-state index is -3.75. The molecule has 8 nitrogen and oxygen atoms in total. The summed E-state index contributed by atoms with van der Waals surface area (Å²) in [7, 11) is -3.75. The first-order chi connectivity index (χ1) is 16.8. The van der Waals surface area contributed by atoms with E-state index in [4.69, 9.17) is 9.56 Å². The molecule has 3 heterocycles. The highest BCUT2D eigenvalue weighted by Gasteiger charge is 2.28. The summed E-state index contributed by atoms with van der Waals surface area (Å²) in [6.07, 6.45) is 1.69. The minimum Gasteiger partial charge on any atom is -0.457 e. The van der Waals surface area contributed by atoms with Crippen LogP contribution in [0, 0.1) is 0 Å². The molecule has 0 radical (unpaired) electrons. The van der Waals surface area contributed by atoms with Crippen LogP contribution in [0.2, 0.25) is 0 Å². The summed E-state index contributed by atoms with van der Waals surface area (Å²) in [4.78, 5) is 21.9. The van der Waals surface area contributed by atoms with E-state index in [1.165, 1.54) is 29.5 Å². The first-order valence-corrected chi connectivity index (χ1v) is 13.5. The van der Waals surface area contributed by atoms with Crippen LogP contribution in [0.1, 0.15) is 11.3 Å². The lowest BCUT2D eigenvalue weighted by molar-refractivity contribution is -0.113. The lowest BCUT2D eigenvalue weighted by Crippen LogP contribution is -2.47. The van der Waals surface area contributed by atoms with Crippen LogP contribution in [0.3, 0.4) is 0 Å². The molecule has 1 aromatic heterocycles. The van der Waals surface area contributed by atoms with Gasteiger partial charge in [-0.2, -0.15) is 4.99 Å². The van der Waals surface area contributed by atoms with Crippen LogP contribution in [0.5, 0.6) is 0 Å². The molecule has 0 saturated carbocycles. The Morgan fingerprint density at radius 3 is 2.37 bits per heavy atom. The smallest absolute Gasteiger partial charge is 0.286 e. The summed E-state index contributed by atoms with van der Waals surface area (Å²) in [5.74, 6) is 0.812. The van der Waals surface area contributed by atoms with Crippen LogP contribution < -0.4 is 5.14 Å². The maximum Gasteiger partial charge on any atom is 0.286 e. The number of nitrogens with two attached hydrogens (primary N) is 1. The highest BCUT2D eigenvalue weighted by molar-refractivity contribution is 8.18. The third-order valence-electron chi connectivity index (χ3n) is 5.87. The largest absolute Gasteiger partial charge is 0.457 e. The van der Waals surface area contributed by atoms with Crippen LogP contribution in [0.4, 0.5) is 0 Å². The molecule has 2 aliphatic rings. The Kier molecular flexibility index (Phi) is 6.61. The monoisotopic (exact) mass is 508 g/mol. The number of primary sulfonamides is 1. The van der Waals surface area contributed by atoms with Crippen LogP contribution in [0.15, 0.2) is 85.9 Å². The van der Waals surface area contributed by atoms with E-state index in [1.54, 1.807) is 30.3 Å². The maximum atomic E-state index is 12.5. The van der Waals surface area contributed by atoms with Gasteiger partial charge in [0.15, 0.2) is 5.17 Å². The number of aliphatic imine (C=N–C) groups is 1. The lowest BCUT2D eigenvalue weighted by Gasteiger charge is -2.35. The number of carbonyl (C=O) groups excluding carboxylic acids is 1. The molecule has 2 aromatic carbocycles. The molecule has 0 aliphatic carbocycles. The van der Waals surface area contributed by atoms with Gasteiger partial charge in [-0.3, -0.25) is 9.69 Å². The molecule has 0 spiro atoms. The van der Waals surface area contributed by atoms with E-state index in [-0.39, 0.29) is 10.8 Å². The normalized spacial score (nSPS) is 18.3. The third-order valence-corrected chi connectivity index (χ3v) is 7.84. The summed E-state index contributed by atoms with van der Waals surface area (Å²) in [5, 5.41) is 5.87. The fourth-order valence-corrected chi connectivity index (χ4v) is 5.46. The van der Waals surface area contributed by atoms with Gasteiger partial charge in [0.2, 0.25) is 10.0 Å². The van der Waals surface area contributed by atoms with Gasteiger partial charge in [-0.25, -0.2) is 13.6 Å². The Labute approximate surface area is 208 Å². The predicted octanol–water partition coefficient (Wildman–Crippen LogP) is 3.38. The number of rotatable bonds is 5. The average Bonchev–Trinajstić information content (AvgIpc) is 3.47. The molecule has 2 N–H and O–H groups in total. The molecular weight excluding hydrogens is 484 g/mol. The van der Waals surface area contributed by atoms with Gasteiger partial charge in [0.25, 0.3) is 5.91 Å². The number of hydrogen-bond acceptors (Lipinski definition) is 7. The van der Waals surface area contributed by atoms with Crippen molar-refractivity contribution in [3.05, 3.63) is 83.0 Å². The fourth-order valence-electron chi connectivity index (χ4n) is 4.00. The number of piperazine rings is 1. The zero-order chi connectivity index (χ0) is 24.4. The predicted molar refractivity (Wildman–Crippen MR) is 137 cm³/mol. The second kappa shape index (κ2) is 9.82. The topological polar surface area (TPSA) is 109 Å². The second-order valence-corrected chi connectivity index (χ2v) is 10.9. The van der Waals surface area contributed by atoms with E-state index >= 15 is 0 Å². The highest BCUT2D eigenvalue weighted by Crippen LogP contribution is 2.32. The van der Waals surface area contributed by atoms with Gasteiger partial charge in [-0.1, -0.05) is 30.3 Å². The Balaban J connectivity index is 1.20. The molecule has 2 aliphatic heterocycles. The third kappa shape index (κ3) is 5.57. The molecule has 1 fully saturated rings. The van der Waals surface area contributed by atoms with Crippen LogP contribution in [-0.4, -0.2) is 55.5 Å². The fraction of sp³-hybridized carbons (Fsp3) is 0.200. The number of furan rings is 1. The summed E-state index contributed by atoms with van der Waals surface area (Å²) < 4.78 is 28.7. The number of carbonyl (C=O) groups is 1. The van der Waals surface area contributed by atoms with E-state index in [0.717, 1.165) is 37.9 Å². The molecule has 180 valence electrons. The first kappa shape index (κ1) is 23.6. The van der Waals surface area contributed by atoms with Crippen molar-refractivity contribution >= 4 is 38.9 Å². The SMILES string of the molecule is NS(=O)(=O)c1ccc(-c2ccc(C=C3SC(N4CCN(Cc5ccccc5)CC4)=NC3=O)o2)cc1. The number of nitrogens with zero attached hydrogens (tertiary/aromatic N) is 3. The molecular formula is C25H24N4O4S2. The average molecular weight is 509 g/mol. The number of amidine groups is 1. The summed E-state index contributed by atoms with van der Waals surface area (Å²) in [5.41, 5.74) is 2.00. The Hall–Kier alpha value is -3.18. The number of sulfonamides is 1. The molecule has 1 amide bonds. The number of hydrogen-bond donors (Lipinski definition) is 1. The van der Waals surface area contributed by atoms with Crippen molar-refractivity contribution < 1.29 is 17.6 Å². The van der Waals surface area contributed by atoms with Crippen molar-refractivity contribution in [3.63, 3.8) is 0 Å². The quantitative estimate of drug-likeness (QED) is 0.526. The molecule has 0 bridgehead atoms. The van der Waals surface area contributed by atoms with E-state index in [0.29, 0.717) is 22.0 Å². The number of benzene rings is 2. The van der Waals surface area contributed by atoms with Crippen molar-refractivity contribution in [1.29, 1.82) is 0 Å². The Morgan fingerprint density at radius 1 is 0.971 bits per heavy atom. The molecule has 0 unspecified atom stereocenters. The van der Waals surface area contributed by atoms with Gasteiger partial charge in [-0.15, -0.1) is 0 Å². The van der Waals surface area contributed by atoms with Crippen LogP contribution in [0.25, 0.3) is 17.4 Å².